The molecule has 0 rings (SSSR count). The van der Waals surface area contributed by atoms with Gasteiger partial charge in [-0.1, -0.05) is 0 Å². The first-order valence-electron chi connectivity index (χ1n) is 1.27. The summed E-state index contributed by atoms with van der Waals surface area (Å²) in [4.78, 5) is 0. The molecule has 0 amide bonds. The predicted molar refractivity (Wildman–Crippen MR) is 15.9 cm³/mol. The summed E-state index contributed by atoms with van der Waals surface area (Å²) in [5.41, 5.74) is 0. The number of alkyl halides is 1. The Balaban J connectivity index is 1.97. The van der Waals surface area contributed by atoms with Crippen molar-refractivity contribution in [2.45, 2.75) is 6.42 Å². The average molecular weight is 61.1 g/mol. The van der Waals surface area contributed by atoms with E-state index in [1.807, 2.05) is 0 Å². The molecule has 1 heteroatoms. The molecule has 0 aromatic carbocycles. The lowest BCUT2D eigenvalue weighted by molar-refractivity contribution is 0.500. The molecule has 0 saturated heterocycles. The molecule has 0 spiro atoms. The zero-order valence-electron chi connectivity index (χ0n) is 2.50. The third-order valence-electron chi connectivity index (χ3n) is 0.134. The summed E-state index contributed by atoms with van der Waals surface area (Å²) in [7, 11) is 0. The van der Waals surface area contributed by atoms with Crippen molar-refractivity contribution in [1.29, 1.82) is 0 Å². The van der Waals surface area contributed by atoms with Gasteiger partial charge in [-0.05, 0) is 0 Å². The van der Waals surface area contributed by atoms with E-state index in [0.717, 1.165) is 0 Å². The van der Waals surface area contributed by atoms with Crippen molar-refractivity contribution in [2.75, 3.05) is 6.67 Å². The molecular formula is C3H6F+. The molecule has 0 atom stereocenters. The number of halogens is 1. The molecule has 0 heterocycles. The van der Waals surface area contributed by atoms with Gasteiger partial charge in [0.1, 0.15) is 13.1 Å². The van der Waals surface area contributed by atoms with E-state index in [1.165, 1.54) is 0 Å². The molecule has 0 fully saturated rings. The van der Waals surface area contributed by atoms with Crippen LogP contribution < -0.4 is 0 Å². The number of hydrogen-bond acceptors (Lipinski definition) is 0. The minimum Gasteiger partial charge on any atom is -0.246 e. The molecule has 24 valence electrons. The highest BCUT2D eigenvalue weighted by Crippen LogP contribution is 1.68. The molecular weight excluding hydrogens is 55.0 g/mol. The second kappa shape index (κ2) is 2.80. The summed E-state index contributed by atoms with van der Waals surface area (Å²) in [5.74, 6) is 0. The highest BCUT2D eigenvalue weighted by Gasteiger charge is 1.69. The Morgan fingerprint density at radius 3 is 2.00 bits per heavy atom. The van der Waals surface area contributed by atoms with Crippen molar-refractivity contribution < 1.29 is 4.39 Å². The molecule has 0 aromatic heterocycles. The topological polar surface area (TPSA) is 0 Å². The summed E-state index contributed by atoms with van der Waals surface area (Å²) in [5, 5.41) is 0. The molecule has 0 aliphatic rings. The van der Waals surface area contributed by atoms with E-state index in [9.17, 15) is 4.39 Å². The summed E-state index contributed by atoms with van der Waals surface area (Å²) >= 11 is 0. The van der Waals surface area contributed by atoms with Crippen LogP contribution in [-0.2, 0) is 0 Å². The number of hydrogen-bond donors (Lipinski definition) is 0. The van der Waals surface area contributed by atoms with Crippen LogP contribution in [0.25, 0.3) is 0 Å². The Morgan fingerprint density at radius 1 is 1.75 bits per heavy atom. The van der Waals surface area contributed by atoms with E-state index >= 15 is 0 Å². The Bertz CT molecular complexity index is 5.25. The fourth-order valence-electron chi connectivity index (χ4n) is 0. The normalized spacial score (nSPS) is 7.25. The summed E-state index contributed by atoms with van der Waals surface area (Å²) in [6.45, 7) is 2.94. The molecule has 0 nitrogen and oxygen atoms in total. The molecule has 0 aliphatic heterocycles. The fourth-order valence-corrected chi connectivity index (χ4v) is 0. The fraction of sp³-hybridized carbons (Fsp3) is 0.667. The molecule has 0 aromatic rings. The lowest BCUT2D eigenvalue weighted by Gasteiger charge is -1.57. The van der Waals surface area contributed by atoms with Crippen LogP contribution in [0, 0.1) is 6.92 Å². The van der Waals surface area contributed by atoms with Gasteiger partial charge in [-0.2, -0.15) is 0 Å². The third-order valence-corrected chi connectivity index (χ3v) is 0.134. The van der Waals surface area contributed by atoms with Gasteiger partial charge in [-0.15, -0.1) is 0 Å². The Labute approximate surface area is 25.6 Å². The first-order valence-corrected chi connectivity index (χ1v) is 1.27. The van der Waals surface area contributed by atoms with Gasteiger partial charge in [0, 0.05) is 0 Å². The molecule has 0 aliphatic carbocycles. The Hall–Kier alpha value is -0.200. The minimum absolute atomic E-state index is 0.292. The van der Waals surface area contributed by atoms with Crippen LogP contribution >= 0.6 is 0 Å². The third kappa shape index (κ3) is 1.80. The van der Waals surface area contributed by atoms with Crippen LogP contribution in [0.3, 0.4) is 0 Å². The summed E-state index contributed by atoms with van der Waals surface area (Å²) in [6.07, 6.45) is 0.403. The smallest absolute Gasteiger partial charge is 0.129 e. The van der Waals surface area contributed by atoms with E-state index in [4.69, 9.17) is 0 Å². The van der Waals surface area contributed by atoms with Gasteiger partial charge in [0.05, 0.1) is 6.92 Å². The van der Waals surface area contributed by atoms with Crippen molar-refractivity contribution in [2.24, 2.45) is 0 Å². The second-order valence-corrected chi connectivity index (χ2v) is 0.543. The maximum Gasteiger partial charge on any atom is 0.129 e. The second-order valence-electron chi connectivity index (χ2n) is 0.543. The van der Waals surface area contributed by atoms with Crippen molar-refractivity contribution in [3.63, 3.8) is 0 Å². The van der Waals surface area contributed by atoms with E-state index in [2.05, 4.69) is 6.92 Å². The average Bonchev–Trinajstić information content (AvgIpc) is 1.37. The van der Waals surface area contributed by atoms with Gasteiger partial charge < -0.3 is 0 Å². The summed E-state index contributed by atoms with van der Waals surface area (Å²) in [6, 6.07) is 0. The lowest BCUT2D eigenvalue weighted by Crippen LogP contribution is -1.59. The van der Waals surface area contributed by atoms with Gasteiger partial charge in [-0.3, -0.25) is 0 Å². The minimum atomic E-state index is -0.292. The van der Waals surface area contributed by atoms with Crippen LogP contribution in [0.4, 0.5) is 4.39 Å². The zero-order valence-corrected chi connectivity index (χ0v) is 2.50. The molecule has 0 N–H and O–H groups in total. The van der Waals surface area contributed by atoms with Crippen LogP contribution in [0.1, 0.15) is 6.42 Å². The van der Waals surface area contributed by atoms with Gasteiger partial charge in [-0.25, -0.2) is 4.39 Å². The van der Waals surface area contributed by atoms with Crippen molar-refractivity contribution in [3.05, 3.63) is 6.92 Å². The quantitative estimate of drug-likeness (QED) is 0.399. The standard InChI is InChI=1S/C3H6F/c1-2-3-4/h1-3H2/q+1. The van der Waals surface area contributed by atoms with E-state index < -0.39 is 0 Å². The Kier molecular flexibility index (Phi) is 2.66. The van der Waals surface area contributed by atoms with Gasteiger partial charge in [0.2, 0.25) is 0 Å². The first kappa shape index (κ1) is 3.80. The zero-order chi connectivity index (χ0) is 3.41. The summed E-state index contributed by atoms with van der Waals surface area (Å²) < 4.78 is 10.7. The maximum atomic E-state index is 10.7. The van der Waals surface area contributed by atoms with Gasteiger partial charge in [0.25, 0.3) is 0 Å². The molecule has 0 radical (unpaired) electrons. The SMILES string of the molecule is [CH2+]CCF. The Morgan fingerprint density at radius 2 is 2.00 bits per heavy atom. The molecule has 0 saturated carbocycles. The number of rotatable bonds is 1. The van der Waals surface area contributed by atoms with Crippen molar-refractivity contribution in [1.82, 2.24) is 0 Å². The van der Waals surface area contributed by atoms with Crippen LogP contribution in [0.15, 0.2) is 0 Å². The highest BCUT2D eigenvalue weighted by atomic mass is 19.1. The first-order chi connectivity index (χ1) is 1.91. The lowest BCUT2D eigenvalue weighted by atomic mass is 10.6. The molecule has 0 unspecified atom stereocenters. The maximum absolute atomic E-state index is 10.7. The van der Waals surface area contributed by atoms with Crippen molar-refractivity contribution in [3.8, 4) is 0 Å². The van der Waals surface area contributed by atoms with Crippen LogP contribution in [0.5, 0.6) is 0 Å². The van der Waals surface area contributed by atoms with Crippen LogP contribution in [0.2, 0.25) is 0 Å². The molecule has 4 heavy (non-hydrogen) atoms. The predicted octanol–water partition coefficient (Wildman–Crippen LogP) is 1.18. The monoisotopic (exact) mass is 61.0 g/mol. The largest absolute Gasteiger partial charge is 0.246 e. The van der Waals surface area contributed by atoms with E-state index in [-0.39, 0.29) is 6.67 Å². The van der Waals surface area contributed by atoms with E-state index in [0.29, 0.717) is 6.42 Å². The van der Waals surface area contributed by atoms with E-state index in [1.54, 1.807) is 0 Å². The molecule has 0 bridgehead atoms. The van der Waals surface area contributed by atoms with Crippen LogP contribution in [-0.4, -0.2) is 6.67 Å². The van der Waals surface area contributed by atoms with Crippen molar-refractivity contribution >= 4 is 0 Å². The van der Waals surface area contributed by atoms with Gasteiger partial charge >= 0.3 is 0 Å². The highest BCUT2D eigenvalue weighted by molar-refractivity contribution is 4.29. The van der Waals surface area contributed by atoms with Gasteiger partial charge in [0.15, 0.2) is 0 Å².